The van der Waals surface area contributed by atoms with E-state index in [9.17, 15) is 5.11 Å². The molecule has 6 heteroatoms. The van der Waals surface area contributed by atoms with Crippen LogP contribution in [0.25, 0.3) is 21.3 Å². The summed E-state index contributed by atoms with van der Waals surface area (Å²) in [7, 11) is 0. The van der Waals surface area contributed by atoms with Crippen LogP contribution in [0, 0.1) is 6.92 Å². The van der Waals surface area contributed by atoms with E-state index in [1.807, 2.05) is 16.7 Å². The van der Waals surface area contributed by atoms with Gasteiger partial charge in [-0.2, -0.15) is 0 Å². The van der Waals surface area contributed by atoms with Crippen molar-refractivity contribution < 1.29 is 10.2 Å². The minimum absolute atomic E-state index is 0.269. The lowest BCUT2D eigenvalue weighted by molar-refractivity contribution is 0.0816. The van der Waals surface area contributed by atoms with Crippen LogP contribution in [0.4, 0.5) is 0 Å². The van der Waals surface area contributed by atoms with E-state index in [0.717, 1.165) is 21.3 Å². The van der Waals surface area contributed by atoms with Gasteiger partial charge < -0.3 is 14.8 Å². The Morgan fingerprint density at radius 2 is 2.09 bits per heavy atom. The highest BCUT2D eigenvalue weighted by molar-refractivity contribution is 7.18. The first kappa shape index (κ1) is 14.9. The molecule has 0 aliphatic rings. The van der Waals surface area contributed by atoms with Crippen molar-refractivity contribution in [2.24, 2.45) is 0 Å². The van der Waals surface area contributed by atoms with Crippen molar-refractivity contribution in [2.75, 3.05) is 6.61 Å². The van der Waals surface area contributed by atoms with Crippen molar-refractivity contribution in [3.05, 3.63) is 48.4 Å². The number of hydrogen-bond donors (Lipinski definition) is 2. The van der Waals surface area contributed by atoms with E-state index in [4.69, 9.17) is 5.11 Å². The van der Waals surface area contributed by atoms with E-state index >= 15 is 0 Å². The molecular formula is C16H17N3O2S. The zero-order valence-corrected chi connectivity index (χ0v) is 13.0. The summed E-state index contributed by atoms with van der Waals surface area (Å²) in [6.07, 6.45) is 4.49. The van der Waals surface area contributed by atoms with Crippen LogP contribution in [0.3, 0.4) is 0 Å². The van der Waals surface area contributed by atoms with Crippen LogP contribution in [0.2, 0.25) is 0 Å². The van der Waals surface area contributed by atoms with E-state index < -0.39 is 6.10 Å². The summed E-state index contributed by atoms with van der Waals surface area (Å²) in [5.74, 6) is 0.754. The Balaban J connectivity index is 1.92. The van der Waals surface area contributed by atoms with Crippen LogP contribution in [0.15, 0.2) is 42.9 Å². The van der Waals surface area contributed by atoms with E-state index in [-0.39, 0.29) is 6.61 Å². The monoisotopic (exact) mass is 315 g/mol. The second-order valence-electron chi connectivity index (χ2n) is 5.08. The fourth-order valence-electron chi connectivity index (χ4n) is 2.28. The van der Waals surface area contributed by atoms with Crippen LogP contribution in [-0.2, 0) is 6.54 Å². The molecule has 0 saturated carbocycles. The van der Waals surface area contributed by atoms with E-state index in [1.54, 1.807) is 29.9 Å². The molecule has 0 saturated heterocycles. The van der Waals surface area contributed by atoms with E-state index in [1.165, 1.54) is 5.56 Å². The Morgan fingerprint density at radius 1 is 1.27 bits per heavy atom. The molecule has 0 amide bonds. The Bertz CT molecular complexity index is 766. The molecular weight excluding hydrogens is 298 g/mol. The first-order chi connectivity index (χ1) is 10.7. The molecule has 1 atom stereocenters. The molecule has 0 fully saturated rings. The molecule has 1 aromatic carbocycles. The Kier molecular flexibility index (Phi) is 4.33. The summed E-state index contributed by atoms with van der Waals surface area (Å²) in [5, 5.41) is 19.5. The molecule has 3 aromatic rings. The number of rotatable bonds is 5. The lowest BCUT2D eigenvalue weighted by atomic mass is 10.1. The molecule has 2 N–H and O–H groups in total. The normalized spacial score (nSPS) is 12.5. The number of aromatic nitrogens is 3. The fourth-order valence-corrected chi connectivity index (χ4v) is 3.30. The van der Waals surface area contributed by atoms with E-state index in [2.05, 4.69) is 29.0 Å². The van der Waals surface area contributed by atoms with Gasteiger partial charge >= 0.3 is 0 Å². The average Bonchev–Trinajstić information content (AvgIpc) is 3.16. The second-order valence-corrected chi connectivity index (χ2v) is 6.11. The molecule has 2 heterocycles. The zero-order valence-electron chi connectivity index (χ0n) is 12.2. The van der Waals surface area contributed by atoms with Gasteiger partial charge in [0, 0.05) is 24.2 Å². The molecule has 0 aliphatic heterocycles. The summed E-state index contributed by atoms with van der Waals surface area (Å²) < 4.78 is 1.83. The quantitative estimate of drug-likeness (QED) is 0.758. The second kappa shape index (κ2) is 6.39. The smallest absolute Gasteiger partial charge is 0.151 e. The average molecular weight is 315 g/mol. The van der Waals surface area contributed by atoms with Crippen LogP contribution < -0.4 is 0 Å². The first-order valence-electron chi connectivity index (χ1n) is 7.01. The summed E-state index contributed by atoms with van der Waals surface area (Å²) in [4.78, 5) is 9.78. The zero-order chi connectivity index (χ0) is 15.5. The highest BCUT2D eigenvalue weighted by Crippen LogP contribution is 2.32. The van der Waals surface area contributed by atoms with Crippen molar-refractivity contribution in [1.29, 1.82) is 0 Å². The van der Waals surface area contributed by atoms with Gasteiger partial charge in [0.25, 0.3) is 0 Å². The highest BCUT2D eigenvalue weighted by atomic mass is 32.1. The van der Waals surface area contributed by atoms with Gasteiger partial charge in [-0.3, -0.25) is 0 Å². The third kappa shape index (κ3) is 2.94. The van der Waals surface area contributed by atoms with Crippen LogP contribution >= 0.6 is 11.3 Å². The summed E-state index contributed by atoms with van der Waals surface area (Å²) in [5.41, 5.74) is 2.30. The van der Waals surface area contributed by atoms with Crippen molar-refractivity contribution in [2.45, 2.75) is 19.6 Å². The van der Waals surface area contributed by atoms with Gasteiger partial charge in [0.15, 0.2) is 5.82 Å². The van der Waals surface area contributed by atoms with Gasteiger partial charge in [0.1, 0.15) is 5.01 Å². The van der Waals surface area contributed by atoms with Gasteiger partial charge in [-0.1, -0.05) is 24.3 Å². The lowest BCUT2D eigenvalue weighted by Crippen LogP contribution is -2.19. The van der Waals surface area contributed by atoms with Crippen molar-refractivity contribution in [3.8, 4) is 21.3 Å². The topological polar surface area (TPSA) is 71.2 Å². The maximum absolute atomic E-state index is 9.61. The van der Waals surface area contributed by atoms with E-state index in [0.29, 0.717) is 6.54 Å². The molecule has 0 bridgehead atoms. The number of aliphatic hydroxyl groups excluding tert-OH is 2. The molecule has 3 rings (SSSR count). The van der Waals surface area contributed by atoms with Gasteiger partial charge in [-0.05, 0) is 12.5 Å². The maximum atomic E-state index is 9.61. The molecule has 5 nitrogen and oxygen atoms in total. The Labute approximate surface area is 132 Å². The molecule has 114 valence electrons. The van der Waals surface area contributed by atoms with Gasteiger partial charge in [-0.25, -0.2) is 9.97 Å². The standard InChI is InChI=1S/C16H17N3O2S/c1-11-4-2-3-5-13(11)16-18-8-14(22-16)15-17-6-7-19(15)9-12(21)10-20/h2-8,12,20-21H,9-10H2,1H3. The van der Waals surface area contributed by atoms with Gasteiger partial charge in [0.2, 0.25) is 0 Å². The lowest BCUT2D eigenvalue weighted by Gasteiger charge is -2.10. The number of benzene rings is 1. The number of thiazole rings is 1. The minimum Gasteiger partial charge on any atom is -0.394 e. The largest absolute Gasteiger partial charge is 0.394 e. The number of nitrogens with zero attached hydrogens (tertiary/aromatic N) is 3. The SMILES string of the molecule is Cc1ccccc1-c1ncc(-c2nccn2CC(O)CO)s1. The Morgan fingerprint density at radius 3 is 2.86 bits per heavy atom. The predicted molar refractivity (Wildman–Crippen MR) is 86.6 cm³/mol. The molecule has 0 aliphatic carbocycles. The van der Waals surface area contributed by atoms with Gasteiger partial charge in [0.05, 0.1) is 24.1 Å². The minimum atomic E-state index is -0.795. The third-order valence-corrected chi connectivity index (χ3v) is 4.46. The van der Waals surface area contributed by atoms with Crippen LogP contribution in [0.5, 0.6) is 0 Å². The molecule has 0 spiro atoms. The highest BCUT2D eigenvalue weighted by Gasteiger charge is 2.14. The number of aryl methyl sites for hydroxylation is 1. The summed E-state index contributed by atoms with van der Waals surface area (Å²) >= 11 is 1.57. The Hall–Kier alpha value is -2.02. The molecule has 2 aromatic heterocycles. The molecule has 0 radical (unpaired) electrons. The number of imidazole rings is 1. The number of aliphatic hydroxyl groups is 2. The van der Waals surface area contributed by atoms with Crippen molar-refractivity contribution in [3.63, 3.8) is 0 Å². The van der Waals surface area contributed by atoms with Crippen LogP contribution in [0.1, 0.15) is 5.56 Å². The summed E-state index contributed by atoms with van der Waals surface area (Å²) in [6, 6.07) is 8.13. The molecule has 22 heavy (non-hydrogen) atoms. The van der Waals surface area contributed by atoms with Crippen LogP contribution in [-0.4, -0.2) is 37.5 Å². The maximum Gasteiger partial charge on any atom is 0.151 e. The molecule has 1 unspecified atom stereocenters. The third-order valence-electron chi connectivity index (χ3n) is 3.44. The van der Waals surface area contributed by atoms with Gasteiger partial charge in [-0.15, -0.1) is 11.3 Å². The first-order valence-corrected chi connectivity index (χ1v) is 7.83. The number of hydrogen-bond acceptors (Lipinski definition) is 5. The fraction of sp³-hybridized carbons (Fsp3) is 0.250. The van der Waals surface area contributed by atoms with Crippen molar-refractivity contribution >= 4 is 11.3 Å². The van der Waals surface area contributed by atoms with Crippen molar-refractivity contribution in [1.82, 2.24) is 14.5 Å². The predicted octanol–water partition coefficient (Wildman–Crippen LogP) is 2.34. The summed E-state index contributed by atoms with van der Waals surface area (Å²) in [6.45, 7) is 2.10.